The zero-order valence-corrected chi connectivity index (χ0v) is 77.1. The lowest BCUT2D eigenvalue weighted by molar-refractivity contribution is -0.119. The van der Waals surface area contributed by atoms with Crippen LogP contribution in [0.5, 0.6) is 0 Å². The van der Waals surface area contributed by atoms with Gasteiger partial charge in [-0.25, -0.2) is 0 Å². The lowest BCUT2D eigenvalue weighted by atomic mass is 9.96. The number of hydrogen-bond donors (Lipinski definition) is 11. The fourth-order valence-corrected chi connectivity index (χ4v) is 13.4. The number of nitrogens with one attached hydrogen (secondary N) is 4. The number of carbonyl (C=O) groups excluding carboxylic acids is 14. The number of rotatable bonds is 53. The average Bonchev–Trinajstić information content (AvgIpc) is 0.829. The molecule has 3 amide bonds. The van der Waals surface area contributed by atoms with Gasteiger partial charge in [0.2, 0.25) is 35.6 Å². The summed E-state index contributed by atoms with van der Waals surface area (Å²) in [5, 5.41) is 38.9. The second-order valence-electron chi connectivity index (χ2n) is 32.3. The molecular weight excluding hydrogens is 1650 g/mol. The van der Waals surface area contributed by atoms with Crippen LogP contribution in [0.25, 0.3) is 0 Å². The molecule has 0 fully saturated rings. The molecule has 32 nitrogen and oxygen atoms in total. The molecule has 0 bridgehead atoms. The van der Waals surface area contributed by atoms with E-state index < -0.39 is 0 Å². The molecule has 0 aromatic heterocycles. The molecule has 0 saturated carbocycles. The smallest absolute Gasteiger partial charge is 0.224 e. The molecule has 0 aliphatic carbocycles. The number of benzene rings is 6. The molecule has 0 aliphatic rings. The number of carbonyl (C=O) groups is 14. The van der Waals surface area contributed by atoms with Crippen molar-refractivity contribution in [1.29, 1.82) is 5.41 Å². The Bertz CT molecular complexity index is 5160. The number of hydrogen-bond acceptors (Lipinski definition) is 22. The highest BCUT2D eigenvalue weighted by molar-refractivity contribution is 6.09. The first-order valence-corrected chi connectivity index (χ1v) is 43.6. The Morgan fingerprint density at radius 1 is 0.238 bits per heavy atom. The molecule has 694 valence electrons. The van der Waals surface area contributed by atoms with Crippen LogP contribution in [0, 0.1) is 5.41 Å². The molecular formula is C98H128N18O14. The predicted octanol–water partition coefficient (Wildman–Crippen LogP) is 15.0. The number of Topliss-reactive ketones (excluding diaryl/α,β-unsaturated/α-hetero) is 11. The Balaban J connectivity index is 0.000000412. The van der Waals surface area contributed by atoms with Crippen LogP contribution in [-0.4, -0.2) is 134 Å². The van der Waals surface area contributed by atoms with Crippen molar-refractivity contribution in [3.63, 3.8) is 0 Å². The third kappa shape index (κ3) is 43.5. The summed E-state index contributed by atoms with van der Waals surface area (Å²) in [5.74, 6) is -1.94. The standard InChI is InChI=1S/C35H50N12O3.C32H41N5O5.C31H37NO6/c1-21(42-20-32(36)37)26-13-25(14-27(16-26)22(2)44-46-34(38)39)15-31(49)11-9-7-5-6-8-10-12-33(50)43-30-18-28(17-29(19-30)24(4)48)23(3)45-47-35(40)41;1-20(36-37-32(33)34)25-13-24(14-26(16-25)21(2)38)15-30(41)11-9-7-5-6-8-10-12-31(42)35-29-18-27(22(3)39)17-28(19-29)23(4)40;1-20(33)25-13-24(14-26(16-25)21(2)34)15-30(37)11-9-7-5-6-8-10-12-31(38)32-29-18-27(22(3)35)17-28(19-29)23(4)36/h13-14,16-19H,5-12,15,20H2,1-4H3,(H3,36,37)(H,43,50)(H4,38,39,46)(H4,40,41,47);13-14,16-19H,5-12,15H2,1-4H3,(H,35,42)(H4,33,34,37);13-14,16-19H,5-12,15H2,1-4H3,(H,32,38)/b42-21?,44-22+,45-23+;36-20+;. The van der Waals surface area contributed by atoms with Crippen LogP contribution in [0.15, 0.2) is 145 Å². The zero-order valence-electron chi connectivity index (χ0n) is 77.1. The molecule has 130 heavy (non-hydrogen) atoms. The molecule has 0 atom stereocenters. The van der Waals surface area contributed by atoms with E-state index in [0.717, 1.165) is 131 Å². The summed E-state index contributed by atoms with van der Waals surface area (Å²) < 4.78 is 0. The third-order valence-electron chi connectivity index (χ3n) is 20.5. The summed E-state index contributed by atoms with van der Waals surface area (Å²) in [5.41, 5.74) is 49.8. The number of amides is 3. The van der Waals surface area contributed by atoms with Gasteiger partial charge in [-0.15, -0.1) is 15.3 Å². The molecule has 0 spiro atoms. The lowest BCUT2D eigenvalue weighted by Crippen LogP contribution is -2.22. The van der Waals surface area contributed by atoms with Crippen LogP contribution >= 0.6 is 0 Å². The largest absolute Gasteiger partial charge is 0.386 e. The zero-order chi connectivity index (χ0) is 96.7. The van der Waals surface area contributed by atoms with Gasteiger partial charge in [-0.05, 0) is 264 Å². The number of nitrogens with two attached hydrogens (primary N) is 7. The Labute approximate surface area is 761 Å². The highest BCUT2D eigenvalue weighted by Crippen LogP contribution is 2.25. The first-order valence-electron chi connectivity index (χ1n) is 43.6. The lowest BCUT2D eigenvalue weighted by Gasteiger charge is -2.10. The van der Waals surface area contributed by atoms with Crippen LogP contribution in [0.1, 0.15) is 359 Å². The van der Waals surface area contributed by atoms with E-state index in [-0.39, 0.29) is 131 Å². The second-order valence-corrected chi connectivity index (χ2v) is 32.3. The van der Waals surface area contributed by atoms with E-state index in [9.17, 15) is 67.1 Å². The van der Waals surface area contributed by atoms with Gasteiger partial charge in [-0.1, -0.05) is 77.0 Å². The van der Waals surface area contributed by atoms with Gasteiger partial charge in [0.25, 0.3) is 0 Å². The van der Waals surface area contributed by atoms with E-state index in [1.165, 1.54) is 67.5 Å². The fourth-order valence-electron chi connectivity index (χ4n) is 13.4. The average molecular weight is 1780 g/mol. The number of aliphatic imine (C=N–C) groups is 1. The number of guanidine groups is 3. The molecule has 6 aromatic rings. The molecule has 32 heteroatoms. The van der Waals surface area contributed by atoms with Crippen molar-refractivity contribution in [3.8, 4) is 0 Å². The molecule has 18 N–H and O–H groups in total. The van der Waals surface area contributed by atoms with Gasteiger partial charge in [0.05, 0.1) is 23.7 Å². The summed E-state index contributed by atoms with van der Waals surface area (Å²) in [7, 11) is 0. The Morgan fingerprint density at radius 2 is 0.423 bits per heavy atom. The maximum absolute atomic E-state index is 12.9. The predicted molar refractivity (Wildman–Crippen MR) is 515 cm³/mol. The highest BCUT2D eigenvalue weighted by Gasteiger charge is 2.19. The third-order valence-corrected chi connectivity index (χ3v) is 20.5. The molecule has 6 rings (SSSR count). The fraction of sp³-hybridized carbons (Fsp3) is 0.408. The highest BCUT2D eigenvalue weighted by atomic mass is 16.2. The summed E-state index contributed by atoms with van der Waals surface area (Å²) in [4.78, 5) is 174. The molecule has 0 radical (unpaired) electrons. The van der Waals surface area contributed by atoms with Crippen LogP contribution in [0.3, 0.4) is 0 Å². The van der Waals surface area contributed by atoms with Crippen molar-refractivity contribution in [2.75, 3.05) is 22.5 Å². The first-order chi connectivity index (χ1) is 61.4. The van der Waals surface area contributed by atoms with Crippen LogP contribution in [0.4, 0.5) is 17.1 Å². The van der Waals surface area contributed by atoms with Gasteiger partial charge in [-0.3, -0.25) is 77.5 Å². The summed E-state index contributed by atoms with van der Waals surface area (Å²) in [6, 6.07) is 30.3. The van der Waals surface area contributed by atoms with Gasteiger partial charge < -0.3 is 56.1 Å². The minimum Gasteiger partial charge on any atom is -0.386 e. The van der Waals surface area contributed by atoms with Gasteiger partial charge in [0, 0.05) is 131 Å². The molecule has 0 aliphatic heterocycles. The first kappa shape index (κ1) is 108. The van der Waals surface area contributed by atoms with E-state index in [4.69, 9.17) is 45.5 Å². The van der Waals surface area contributed by atoms with E-state index in [2.05, 4.69) is 51.6 Å². The Hall–Kier alpha value is -13.9. The molecule has 6 aromatic carbocycles. The summed E-state index contributed by atoms with van der Waals surface area (Å²) >= 11 is 0. The van der Waals surface area contributed by atoms with E-state index >= 15 is 0 Å². The van der Waals surface area contributed by atoms with Crippen molar-refractivity contribution < 1.29 is 67.1 Å². The Morgan fingerprint density at radius 3 is 0.654 bits per heavy atom. The van der Waals surface area contributed by atoms with E-state index in [1.807, 2.05) is 31.2 Å². The summed E-state index contributed by atoms with van der Waals surface area (Å²) in [6.07, 6.45) is 18.7. The molecule has 0 unspecified atom stereocenters. The molecule has 0 saturated heterocycles. The normalized spacial score (nSPS) is 11.3. The van der Waals surface area contributed by atoms with E-state index in [0.29, 0.717) is 146 Å². The number of anilines is 3. The number of amidine groups is 1. The Kier molecular flexibility index (Phi) is 47.5. The maximum atomic E-state index is 12.9. The van der Waals surface area contributed by atoms with Crippen molar-refractivity contribution >= 4 is 145 Å². The van der Waals surface area contributed by atoms with Crippen molar-refractivity contribution in [3.05, 3.63) is 193 Å². The van der Waals surface area contributed by atoms with Gasteiger partial charge in [0.15, 0.2) is 46.3 Å². The van der Waals surface area contributed by atoms with Crippen molar-refractivity contribution in [1.82, 2.24) is 0 Å². The number of nitrogens with zero attached hydrogens (tertiary/aromatic N) is 7. The van der Waals surface area contributed by atoms with Crippen molar-refractivity contribution in [2.24, 2.45) is 75.7 Å². The van der Waals surface area contributed by atoms with Gasteiger partial charge >= 0.3 is 0 Å². The quantitative estimate of drug-likeness (QED) is 0.00555. The topological polar surface area (TPSA) is 568 Å². The van der Waals surface area contributed by atoms with E-state index in [1.54, 1.807) is 93.6 Å². The van der Waals surface area contributed by atoms with Crippen LogP contribution in [-0.2, 0) is 48.0 Å². The molecule has 0 heterocycles. The van der Waals surface area contributed by atoms with Crippen molar-refractivity contribution in [2.45, 2.75) is 256 Å². The number of unbranched alkanes of at least 4 members (excludes halogenated alkanes) is 15. The minimum absolute atomic E-state index is 0.0431. The van der Waals surface area contributed by atoms with Gasteiger partial charge in [0.1, 0.15) is 23.2 Å². The maximum Gasteiger partial charge on any atom is 0.224 e. The van der Waals surface area contributed by atoms with Gasteiger partial charge in [-0.2, -0.15) is 15.3 Å². The minimum atomic E-state index is -0.185. The number of ketones is 11. The van der Waals surface area contributed by atoms with Crippen LogP contribution < -0.4 is 56.1 Å². The second kappa shape index (κ2) is 57.0. The summed E-state index contributed by atoms with van der Waals surface area (Å²) in [6.45, 7) is 18.6. The van der Waals surface area contributed by atoms with Crippen LogP contribution in [0.2, 0.25) is 0 Å². The SMILES string of the molecule is CC(=O)c1cc(CC(=O)CCCCCCCCC(=O)Nc2cc(C(C)=O)cc(C(C)=O)c2)cc(C(C)=O)c1.CC(=O)c1cc(NC(=O)CCCCCCCCC(=O)Cc2cc(C(C)=NCC(=N)N)cc(/C(C)=N/N=C(N)N)c2)cc(/C(C)=N/N=C(N)N)c1.CC(=O)c1cc(NC(=O)CCCCCCCCC(=O)Cc2cc(C(C)=O)cc(/C(C)=N/N=C(N)N)c2)cc(C(C)=O)c1. The monoisotopic (exact) mass is 1780 g/mol.